The maximum atomic E-state index is 13.8. The van der Waals surface area contributed by atoms with Crippen molar-refractivity contribution in [2.24, 2.45) is 5.92 Å². The van der Waals surface area contributed by atoms with Gasteiger partial charge in [0.25, 0.3) is 5.91 Å². The largest absolute Gasteiger partial charge is 0.389 e. The fraction of sp³-hybridized carbons (Fsp3) is 0.500. The fourth-order valence-electron chi connectivity index (χ4n) is 4.14. The lowest BCUT2D eigenvalue weighted by molar-refractivity contribution is -0.111. The number of nitrogens with one attached hydrogen (secondary N) is 1. The van der Waals surface area contributed by atoms with Gasteiger partial charge in [0.15, 0.2) is 15.7 Å². The number of hydrogen-bond acceptors (Lipinski definition) is 5. The summed E-state index contributed by atoms with van der Waals surface area (Å²) in [6.45, 7) is 3.50. The predicted molar refractivity (Wildman–Crippen MR) is 124 cm³/mol. The third kappa shape index (κ3) is 5.72. The molecule has 2 aliphatic carbocycles. The second kappa shape index (κ2) is 9.22. The zero-order chi connectivity index (χ0) is 24.7. The molecule has 184 valence electrons. The number of nitrogens with zero attached hydrogens (tertiary/aromatic N) is 2. The molecule has 7 nitrogen and oxygen atoms in total. The Morgan fingerprint density at radius 1 is 1.18 bits per heavy atom. The number of sulfone groups is 1. The van der Waals surface area contributed by atoms with Crippen molar-refractivity contribution in [1.29, 1.82) is 0 Å². The van der Waals surface area contributed by atoms with E-state index in [1.165, 1.54) is 16.8 Å². The van der Waals surface area contributed by atoms with Gasteiger partial charge in [-0.25, -0.2) is 17.2 Å². The van der Waals surface area contributed by atoms with Crippen LogP contribution < -0.4 is 5.32 Å². The van der Waals surface area contributed by atoms with Gasteiger partial charge in [-0.3, -0.25) is 9.48 Å². The standard InChI is InChI=1S/C24H29F2N3O4S/c1-24(2,31)14-29-10-9-22(28-29)27-23(30)19(11-15-12-20(25)21(26)13-15)16-3-5-17(6-4-16)34(32,33)18-7-8-18/h3-6,9-11,15,18,20-21,31H,7-8,12-14H2,1-2H3,(H,27,28,30)/b19-11+/t15-,20+,21-. The highest BCUT2D eigenvalue weighted by molar-refractivity contribution is 7.92. The van der Waals surface area contributed by atoms with Crippen LogP contribution in [0.5, 0.6) is 0 Å². The molecule has 2 saturated carbocycles. The maximum absolute atomic E-state index is 13.8. The number of aromatic nitrogens is 2. The van der Waals surface area contributed by atoms with E-state index in [0.29, 0.717) is 18.4 Å². The molecule has 1 amide bonds. The van der Waals surface area contributed by atoms with E-state index >= 15 is 0 Å². The molecule has 3 atom stereocenters. The van der Waals surface area contributed by atoms with E-state index in [4.69, 9.17) is 0 Å². The summed E-state index contributed by atoms with van der Waals surface area (Å²) in [5.41, 5.74) is -0.352. The Morgan fingerprint density at radius 2 is 1.79 bits per heavy atom. The predicted octanol–water partition coefficient (Wildman–Crippen LogP) is 3.70. The van der Waals surface area contributed by atoms with Gasteiger partial charge in [0, 0.05) is 17.8 Å². The summed E-state index contributed by atoms with van der Waals surface area (Å²) >= 11 is 0. The summed E-state index contributed by atoms with van der Waals surface area (Å²) in [5.74, 6) is -0.733. The SMILES string of the molecule is CC(C)(O)Cn1ccc(NC(=O)/C(=C/[C@H]2C[C@@H](F)[C@@H](F)C2)c2ccc(S(=O)(=O)C3CC3)cc2)n1. The van der Waals surface area contributed by atoms with Crippen molar-refractivity contribution in [3.63, 3.8) is 0 Å². The lowest BCUT2D eigenvalue weighted by atomic mass is 9.98. The van der Waals surface area contributed by atoms with Crippen LogP contribution >= 0.6 is 0 Å². The van der Waals surface area contributed by atoms with Crippen LogP contribution in [0.15, 0.2) is 47.5 Å². The first-order valence-electron chi connectivity index (χ1n) is 11.3. The molecule has 0 bridgehead atoms. The molecule has 0 saturated heterocycles. The monoisotopic (exact) mass is 493 g/mol. The van der Waals surface area contributed by atoms with E-state index in [0.717, 1.165) is 0 Å². The van der Waals surface area contributed by atoms with Crippen molar-refractivity contribution in [2.45, 2.75) is 74.2 Å². The van der Waals surface area contributed by atoms with Gasteiger partial charge in [0.2, 0.25) is 0 Å². The van der Waals surface area contributed by atoms with Crippen LogP contribution in [0, 0.1) is 5.92 Å². The number of allylic oxidation sites excluding steroid dienone is 1. The van der Waals surface area contributed by atoms with E-state index in [1.54, 1.807) is 44.3 Å². The average molecular weight is 494 g/mol. The smallest absolute Gasteiger partial charge is 0.257 e. The highest BCUT2D eigenvalue weighted by Gasteiger charge is 2.37. The topological polar surface area (TPSA) is 101 Å². The Balaban J connectivity index is 1.59. The number of halogens is 2. The second-order valence-corrected chi connectivity index (χ2v) is 12.0. The molecule has 2 N–H and O–H groups in total. The molecule has 2 aromatic rings. The molecule has 0 aliphatic heterocycles. The summed E-state index contributed by atoms with van der Waals surface area (Å²) in [7, 11) is -3.38. The summed E-state index contributed by atoms with van der Waals surface area (Å²) in [4.78, 5) is 13.4. The van der Waals surface area contributed by atoms with E-state index in [-0.39, 0.29) is 40.9 Å². The molecule has 0 spiro atoms. The van der Waals surface area contributed by atoms with E-state index < -0.39 is 39.6 Å². The van der Waals surface area contributed by atoms with Gasteiger partial charge in [-0.1, -0.05) is 18.2 Å². The van der Waals surface area contributed by atoms with E-state index in [2.05, 4.69) is 10.4 Å². The Kier molecular flexibility index (Phi) is 6.65. The molecule has 34 heavy (non-hydrogen) atoms. The minimum atomic E-state index is -3.38. The quantitative estimate of drug-likeness (QED) is 0.546. The molecular formula is C24H29F2N3O4S. The number of carbonyl (C=O) groups excluding carboxylic acids is 1. The summed E-state index contributed by atoms with van der Waals surface area (Å²) in [6.07, 6.45) is 1.27. The Labute approximate surface area is 197 Å². The maximum Gasteiger partial charge on any atom is 0.257 e. The molecule has 2 fully saturated rings. The van der Waals surface area contributed by atoms with Crippen LogP contribution in [-0.2, 0) is 21.2 Å². The van der Waals surface area contributed by atoms with Crippen LogP contribution in [0.1, 0.15) is 45.1 Å². The number of amides is 1. The first kappa shape index (κ1) is 24.5. The minimum Gasteiger partial charge on any atom is -0.389 e. The molecule has 2 aliphatic rings. The van der Waals surface area contributed by atoms with Crippen molar-refractivity contribution >= 4 is 27.1 Å². The Morgan fingerprint density at radius 3 is 2.35 bits per heavy atom. The van der Waals surface area contributed by atoms with Crippen molar-refractivity contribution in [1.82, 2.24) is 9.78 Å². The van der Waals surface area contributed by atoms with E-state index in [9.17, 15) is 27.1 Å². The lowest BCUT2D eigenvalue weighted by Gasteiger charge is -2.16. The van der Waals surface area contributed by atoms with Crippen molar-refractivity contribution in [3.05, 3.63) is 48.2 Å². The van der Waals surface area contributed by atoms with Crippen molar-refractivity contribution < 1.29 is 27.1 Å². The number of rotatable bonds is 8. The average Bonchev–Trinajstić information content (AvgIpc) is 3.46. The van der Waals surface area contributed by atoms with Gasteiger partial charge in [0.05, 0.1) is 22.3 Å². The van der Waals surface area contributed by atoms with Crippen LogP contribution in [0.2, 0.25) is 0 Å². The van der Waals surface area contributed by atoms with Crippen LogP contribution in [0.4, 0.5) is 14.6 Å². The highest BCUT2D eigenvalue weighted by Crippen LogP contribution is 2.36. The fourth-order valence-corrected chi connectivity index (χ4v) is 5.79. The number of benzene rings is 1. The van der Waals surface area contributed by atoms with Gasteiger partial charge in [-0.2, -0.15) is 5.10 Å². The van der Waals surface area contributed by atoms with Gasteiger partial charge in [0.1, 0.15) is 12.3 Å². The first-order valence-corrected chi connectivity index (χ1v) is 12.9. The van der Waals surface area contributed by atoms with E-state index in [1.807, 2.05) is 0 Å². The Hall–Kier alpha value is -2.59. The number of carbonyl (C=O) groups is 1. The lowest BCUT2D eigenvalue weighted by Crippen LogP contribution is -2.26. The molecular weight excluding hydrogens is 464 g/mol. The molecule has 1 aromatic carbocycles. The van der Waals surface area contributed by atoms with Crippen molar-refractivity contribution in [2.75, 3.05) is 5.32 Å². The Bertz CT molecular complexity index is 1170. The molecule has 0 radical (unpaired) electrons. The van der Waals surface area contributed by atoms with Crippen molar-refractivity contribution in [3.8, 4) is 0 Å². The zero-order valence-electron chi connectivity index (χ0n) is 19.1. The van der Waals surface area contributed by atoms with Crippen LogP contribution in [-0.4, -0.2) is 52.4 Å². The van der Waals surface area contributed by atoms with Crippen LogP contribution in [0.25, 0.3) is 5.57 Å². The number of aliphatic hydroxyl groups is 1. The number of anilines is 1. The van der Waals surface area contributed by atoms with Gasteiger partial charge in [-0.15, -0.1) is 0 Å². The number of hydrogen-bond donors (Lipinski definition) is 2. The second-order valence-electron chi connectivity index (χ2n) is 9.78. The molecule has 10 heteroatoms. The summed E-state index contributed by atoms with van der Waals surface area (Å²) < 4.78 is 54.0. The zero-order valence-corrected chi connectivity index (χ0v) is 19.9. The molecule has 4 rings (SSSR count). The van der Waals surface area contributed by atoms with Gasteiger partial charge in [-0.05, 0) is 63.1 Å². The third-order valence-electron chi connectivity index (χ3n) is 5.98. The van der Waals surface area contributed by atoms with Gasteiger partial charge >= 0.3 is 0 Å². The summed E-state index contributed by atoms with van der Waals surface area (Å²) in [6, 6.07) is 7.60. The normalized spacial score (nSPS) is 23.8. The minimum absolute atomic E-state index is 0.0215. The molecule has 1 aromatic heterocycles. The number of alkyl halides is 2. The highest BCUT2D eigenvalue weighted by atomic mass is 32.2. The first-order chi connectivity index (χ1) is 15.9. The third-order valence-corrected chi connectivity index (χ3v) is 8.26. The molecule has 1 heterocycles. The van der Waals surface area contributed by atoms with Gasteiger partial charge < -0.3 is 10.4 Å². The van der Waals surface area contributed by atoms with Crippen LogP contribution in [0.3, 0.4) is 0 Å². The summed E-state index contributed by atoms with van der Waals surface area (Å²) in [5, 5.41) is 16.5. The molecule has 0 unspecified atom stereocenters.